The Morgan fingerprint density at radius 3 is 2.73 bits per heavy atom. The van der Waals surface area contributed by atoms with E-state index in [9.17, 15) is 4.79 Å². The van der Waals surface area contributed by atoms with Crippen molar-refractivity contribution in [2.75, 3.05) is 24.6 Å². The number of para-hydroxylation sites is 1. The van der Waals surface area contributed by atoms with Crippen LogP contribution in [0.25, 0.3) is 11.1 Å². The topological polar surface area (TPSA) is 93.4 Å². The average molecular weight is 452 g/mol. The molecule has 0 spiro atoms. The summed E-state index contributed by atoms with van der Waals surface area (Å²) in [7, 11) is 0. The number of carbonyl (C=O) groups is 1. The predicted octanol–water partition coefficient (Wildman–Crippen LogP) is 4.06. The van der Waals surface area contributed by atoms with E-state index in [1.807, 2.05) is 38.1 Å². The number of nitrogens with one attached hydrogen (secondary N) is 1. The summed E-state index contributed by atoms with van der Waals surface area (Å²) in [6.45, 7) is 11.3. The molecule has 0 aliphatic carbocycles. The fourth-order valence-electron chi connectivity index (χ4n) is 4.64. The summed E-state index contributed by atoms with van der Waals surface area (Å²) in [5, 5.41) is 7.97. The third-order valence-corrected chi connectivity index (χ3v) is 6.03. The normalized spacial score (nSPS) is 18.5. The fourth-order valence-corrected chi connectivity index (χ4v) is 4.64. The van der Waals surface area contributed by atoms with Crippen molar-refractivity contribution >= 4 is 22.8 Å². The zero-order chi connectivity index (χ0) is 23.4. The third-order valence-electron chi connectivity index (χ3n) is 6.03. The molecule has 0 bridgehead atoms. The maximum atomic E-state index is 12.5. The van der Waals surface area contributed by atoms with Gasteiger partial charge in [0.15, 0.2) is 0 Å². The van der Waals surface area contributed by atoms with Gasteiger partial charge < -0.3 is 19.5 Å². The zero-order valence-corrected chi connectivity index (χ0v) is 19.9. The number of ether oxygens (including phenoxy) is 1. The Hall–Kier alpha value is -3.16. The Bertz CT molecular complexity index is 1100. The first kappa shape index (κ1) is 23.0. The number of hydrogen-bond donors (Lipinski definition) is 1. The van der Waals surface area contributed by atoms with Gasteiger partial charge in [-0.05, 0) is 38.2 Å². The molecule has 33 heavy (non-hydrogen) atoms. The van der Waals surface area contributed by atoms with Gasteiger partial charge in [0.2, 0.25) is 5.91 Å². The number of nitrogens with zero attached hydrogens (tertiary/aromatic N) is 4. The van der Waals surface area contributed by atoms with Crippen LogP contribution < -0.4 is 15.0 Å². The van der Waals surface area contributed by atoms with Crippen molar-refractivity contribution in [1.82, 2.24) is 20.4 Å². The van der Waals surface area contributed by atoms with E-state index in [-0.39, 0.29) is 5.91 Å². The van der Waals surface area contributed by atoms with Gasteiger partial charge in [0.1, 0.15) is 22.8 Å². The molecule has 8 heteroatoms. The molecule has 1 fully saturated rings. The minimum atomic E-state index is -0.0551. The lowest BCUT2D eigenvalue weighted by molar-refractivity contribution is -0.121. The first-order valence-electron chi connectivity index (χ1n) is 11.8. The van der Waals surface area contributed by atoms with Gasteiger partial charge in [0.25, 0.3) is 5.71 Å². The van der Waals surface area contributed by atoms with Crippen LogP contribution in [0.3, 0.4) is 0 Å². The van der Waals surface area contributed by atoms with Crippen LogP contribution in [-0.2, 0) is 17.8 Å². The average Bonchev–Trinajstić information content (AvgIpc) is 3.17. The second kappa shape index (κ2) is 10.2. The number of aryl methyl sites for hydroxylation is 2. The zero-order valence-electron chi connectivity index (χ0n) is 19.9. The van der Waals surface area contributed by atoms with Gasteiger partial charge in [-0.1, -0.05) is 37.2 Å². The summed E-state index contributed by atoms with van der Waals surface area (Å²) in [6, 6.07) is 7.74. The first-order valence-corrected chi connectivity index (χ1v) is 11.8. The minimum absolute atomic E-state index is 0.0551. The van der Waals surface area contributed by atoms with Crippen molar-refractivity contribution in [2.45, 2.75) is 53.5 Å². The van der Waals surface area contributed by atoms with Crippen molar-refractivity contribution in [2.24, 2.45) is 11.8 Å². The number of fused-ring (bicyclic) bond motifs is 1. The molecule has 8 nitrogen and oxygen atoms in total. The van der Waals surface area contributed by atoms with Crippen LogP contribution in [0, 0.1) is 18.8 Å². The number of aromatic nitrogens is 3. The van der Waals surface area contributed by atoms with Crippen molar-refractivity contribution < 1.29 is 14.1 Å². The van der Waals surface area contributed by atoms with Gasteiger partial charge in [0.05, 0.1) is 12.3 Å². The van der Waals surface area contributed by atoms with Crippen molar-refractivity contribution in [3.8, 4) is 5.75 Å². The van der Waals surface area contributed by atoms with Crippen LogP contribution in [0.4, 0.5) is 5.82 Å². The van der Waals surface area contributed by atoms with E-state index in [1.165, 1.54) is 6.42 Å². The summed E-state index contributed by atoms with van der Waals surface area (Å²) >= 11 is 0. The molecule has 2 atom stereocenters. The highest BCUT2D eigenvalue weighted by Crippen LogP contribution is 2.32. The van der Waals surface area contributed by atoms with E-state index in [0.717, 1.165) is 41.3 Å². The van der Waals surface area contributed by atoms with Crippen LogP contribution in [-0.4, -0.2) is 40.7 Å². The number of amides is 1. The second-order valence-corrected chi connectivity index (χ2v) is 9.08. The van der Waals surface area contributed by atoms with E-state index in [4.69, 9.17) is 14.2 Å². The molecule has 1 aliphatic rings. The quantitative estimate of drug-likeness (QED) is 0.552. The van der Waals surface area contributed by atoms with E-state index in [1.54, 1.807) is 0 Å². The van der Waals surface area contributed by atoms with Crippen LogP contribution in [0.15, 0.2) is 28.8 Å². The number of anilines is 1. The van der Waals surface area contributed by atoms with Crippen molar-refractivity contribution in [3.63, 3.8) is 0 Å². The molecule has 3 heterocycles. The minimum Gasteiger partial charge on any atom is -0.494 e. The van der Waals surface area contributed by atoms with E-state index in [0.29, 0.717) is 49.4 Å². The standard InChI is InChI=1S/C25H33N5O3/c1-5-32-20-9-7-6-8-19(20)13-26-22(31)11-10-21-27-24(23-18(4)29-33-25(23)28-21)30-14-16(2)12-17(3)15-30/h6-9,16-17H,5,10-15H2,1-4H3,(H,26,31)/t16-,17-/m1/s1. The Balaban J connectivity index is 1.45. The van der Waals surface area contributed by atoms with Crippen molar-refractivity contribution in [1.29, 1.82) is 0 Å². The maximum absolute atomic E-state index is 12.5. The van der Waals surface area contributed by atoms with Gasteiger partial charge in [-0.15, -0.1) is 0 Å². The second-order valence-electron chi connectivity index (χ2n) is 9.08. The van der Waals surface area contributed by atoms with E-state index < -0.39 is 0 Å². The summed E-state index contributed by atoms with van der Waals surface area (Å²) < 4.78 is 11.1. The Kier molecular flexibility index (Phi) is 7.11. The van der Waals surface area contributed by atoms with Crippen LogP contribution in [0.1, 0.15) is 50.7 Å². The van der Waals surface area contributed by atoms with Crippen LogP contribution >= 0.6 is 0 Å². The SMILES string of the molecule is CCOc1ccccc1CNC(=O)CCc1nc(N2C[C@H](C)C[C@@H](C)C2)c2c(C)noc2n1. The van der Waals surface area contributed by atoms with E-state index in [2.05, 4.69) is 34.2 Å². The molecule has 4 rings (SSSR count). The summed E-state index contributed by atoms with van der Waals surface area (Å²) in [5.74, 6) is 3.40. The molecule has 1 saturated heterocycles. The number of benzene rings is 1. The number of rotatable bonds is 8. The van der Waals surface area contributed by atoms with Gasteiger partial charge in [0, 0.05) is 38.0 Å². The molecular weight excluding hydrogens is 418 g/mol. The maximum Gasteiger partial charge on any atom is 0.263 e. The lowest BCUT2D eigenvalue weighted by Crippen LogP contribution is -2.39. The summed E-state index contributed by atoms with van der Waals surface area (Å²) in [6.07, 6.45) is 1.94. The predicted molar refractivity (Wildman–Crippen MR) is 127 cm³/mol. The Morgan fingerprint density at radius 2 is 1.97 bits per heavy atom. The van der Waals surface area contributed by atoms with Gasteiger partial charge in [-0.3, -0.25) is 4.79 Å². The van der Waals surface area contributed by atoms with Crippen LogP contribution in [0.5, 0.6) is 5.75 Å². The number of piperidine rings is 1. The molecule has 176 valence electrons. The molecule has 1 N–H and O–H groups in total. The molecule has 1 amide bonds. The highest BCUT2D eigenvalue weighted by Gasteiger charge is 2.27. The molecule has 0 radical (unpaired) electrons. The third kappa shape index (κ3) is 5.43. The lowest BCUT2D eigenvalue weighted by Gasteiger charge is -2.36. The summed E-state index contributed by atoms with van der Waals surface area (Å²) in [5.41, 5.74) is 2.24. The molecule has 3 aromatic rings. The Labute approximate surface area is 194 Å². The van der Waals surface area contributed by atoms with Crippen LogP contribution in [0.2, 0.25) is 0 Å². The van der Waals surface area contributed by atoms with Gasteiger partial charge >= 0.3 is 0 Å². The largest absolute Gasteiger partial charge is 0.494 e. The molecular formula is C25H33N5O3. The molecule has 1 aliphatic heterocycles. The Morgan fingerprint density at radius 1 is 1.21 bits per heavy atom. The summed E-state index contributed by atoms with van der Waals surface area (Å²) in [4.78, 5) is 24.3. The monoisotopic (exact) mass is 451 g/mol. The highest BCUT2D eigenvalue weighted by molar-refractivity contribution is 5.88. The van der Waals surface area contributed by atoms with Gasteiger partial charge in [-0.2, -0.15) is 4.98 Å². The van der Waals surface area contributed by atoms with E-state index >= 15 is 0 Å². The number of hydrogen-bond acceptors (Lipinski definition) is 7. The molecule has 0 saturated carbocycles. The highest BCUT2D eigenvalue weighted by atomic mass is 16.5. The first-order chi connectivity index (χ1) is 15.9. The molecule has 1 aromatic carbocycles. The fraction of sp³-hybridized carbons (Fsp3) is 0.520. The van der Waals surface area contributed by atoms with Crippen molar-refractivity contribution in [3.05, 3.63) is 41.3 Å². The number of carbonyl (C=O) groups excluding carboxylic acids is 1. The van der Waals surface area contributed by atoms with Gasteiger partial charge in [-0.25, -0.2) is 4.98 Å². The lowest BCUT2D eigenvalue weighted by atomic mass is 9.92. The smallest absolute Gasteiger partial charge is 0.263 e. The molecule has 2 aromatic heterocycles. The molecule has 0 unspecified atom stereocenters.